The average molecular weight is 903 g/mol. The fraction of sp³-hybridized carbons (Fsp3) is 0.897. The Morgan fingerprint density at radius 2 is 0.734 bits per heavy atom. The summed E-state index contributed by atoms with van der Waals surface area (Å²) in [5.74, 6) is -0.0772. The van der Waals surface area contributed by atoms with E-state index >= 15 is 0 Å². The van der Waals surface area contributed by atoms with Crippen LogP contribution in [0.1, 0.15) is 309 Å². The second-order valence-corrected chi connectivity index (χ2v) is 19.6. The van der Waals surface area contributed by atoms with Gasteiger partial charge < -0.3 is 20.3 Å². The quantitative estimate of drug-likeness (QED) is 0.0321. The summed E-state index contributed by atoms with van der Waals surface area (Å²) in [5.41, 5.74) is 0. The Balaban J connectivity index is 3.48. The molecule has 0 saturated carbocycles. The molecular weight excluding hydrogens is 791 g/mol. The third-order valence-electron chi connectivity index (χ3n) is 13.2. The van der Waals surface area contributed by atoms with E-state index in [2.05, 4.69) is 31.3 Å². The fourth-order valence-electron chi connectivity index (χ4n) is 8.81. The van der Waals surface area contributed by atoms with Crippen LogP contribution in [-0.2, 0) is 14.3 Å². The first kappa shape index (κ1) is 62.3. The number of aliphatic hydroxyl groups is 2. The van der Waals surface area contributed by atoms with Crippen molar-refractivity contribution in [3.63, 3.8) is 0 Å². The molecular formula is C58H111NO5. The van der Waals surface area contributed by atoms with Gasteiger partial charge in [-0.15, -0.1) is 0 Å². The number of esters is 1. The van der Waals surface area contributed by atoms with E-state index in [-0.39, 0.29) is 18.5 Å². The summed E-state index contributed by atoms with van der Waals surface area (Å²) in [6, 6.07) is -0.637. The molecule has 2 atom stereocenters. The molecule has 0 heterocycles. The van der Waals surface area contributed by atoms with Gasteiger partial charge in [-0.05, 0) is 57.8 Å². The van der Waals surface area contributed by atoms with Gasteiger partial charge in [-0.3, -0.25) is 9.59 Å². The number of unbranched alkanes of at least 4 members (excludes halogenated alkanes) is 40. The van der Waals surface area contributed by atoms with Gasteiger partial charge in [0.15, 0.2) is 0 Å². The molecule has 64 heavy (non-hydrogen) atoms. The number of carbonyl (C=O) groups is 2. The summed E-state index contributed by atoms with van der Waals surface area (Å²) in [6.45, 7) is 4.90. The van der Waals surface area contributed by atoms with Gasteiger partial charge in [-0.1, -0.05) is 263 Å². The number of nitrogens with one attached hydrogen (secondary N) is 1. The molecule has 0 aromatic heterocycles. The first-order valence-corrected chi connectivity index (χ1v) is 28.6. The lowest BCUT2D eigenvalue weighted by molar-refractivity contribution is -0.143. The highest BCUT2D eigenvalue weighted by Gasteiger charge is 2.18. The number of carbonyl (C=O) groups excluding carboxylic acids is 2. The second-order valence-electron chi connectivity index (χ2n) is 19.6. The second kappa shape index (κ2) is 54.0. The predicted octanol–water partition coefficient (Wildman–Crippen LogP) is 17.5. The molecule has 1 amide bonds. The normalized spacial score (nSPS) is 12.8. The molecule has 378 valence electrons. The van der Waals surface area contributed by atoms with E-state index in [9.17, 15) is 19.8 Å². The van der Waals surface area contributed by atoms with Gasteiger partial charge in [-0.25, -0.2) is 0 Å². The topological polar surface area (TPSA) is 95.9 Å². The van der Waals surface area contributed by atoms with Crippen molar-refractivity contribution in [2.45, 2.75) is 321 Å². The number of hydrogen-bond donors (Lipinski definition) is 3. The largest absolute Gasteiger partial charge is 0.466 e. The van der Waals surface area contributed by atoms with Gasteiger partial charge in [-0.2, -0.15) is 0 Å². The van der Waals surface area contributed by atoms with Crippen molar-refractivity contribution in [1.29, 1.82) is 0 Å². The van der Waals surface area contributed by atoms with Gasteiger partial charge in [0, 0.05) is 12.8 Å². The average Bonchev–Trinajstić information content (AvgIpc) is 3.29. The van der Waals surface area contributed by atoms with Crippen molar-refractivity contribution < 1.29 is 24.5 Å². The van der Waals surface area contributed by atoms with Crippen LogP contribution in [0.5, 0.6) is 0 Å². The lowest BCUT2D eigenvalue weighted by Gasteiger charge is -2.20. The summed E-state index contributed by atoms with van der Waals surface area (Å²) >= 11 is 0. The van der Waals surface area contributed by atoms with Gasteiger partial charge >= 0.3 is 5.97 Å². The molecule has 0 rings (SSSR count). The zero-order valence-electron chi connectivity index (χ0n) is 43.0. The molecule has 0 aliphatic carbocycles. The molecule has 2 unspecified atom stereocenters. The standard InChI is InChI=1S/C58H111NO5/c1-3-5-7-9-11-13-15-17-18-23-27-30-34-38-42-46-50-56(61)55(54-60)59-57(62)51-47-43-39-35-31-28-24-21-19-20-22-25-29-33-37-41-45-49-53-64-58(63)52-48-44-40-36-32-26-16-14-12-10-8-6-4-2/h21,24,46,50,55-56,60-61H,3-20,22-23,25-45,47-49,51-54H2,1-2H3,(H,59,62)/b24-21-,50-46+. The van der Waals surface area contributed by atoms with Crippen molar-refractivity contribution >= 4 is 11.9 Å². The maximum atomic E-state index is 12.4. The maximum Gasteiger partial charge on any atom is 0.305 e. The number of allylic oxidation sites excluding steroid dienone is 3. The Hall–Kier alpha value is -1.66. The summed E-state index contributed by atoms with van der Waals surface area (Å²) < 4.78 is 5.47. The number of hydrogen-bond acceptors (Lipinski definition) is 5. The first-order valence-electron chi connectivity index (χ1n) is 28.6. The summed E-state index contributed by atoms with van der Waals surface area (Å²) in [7, 11) is 0. The van der Waals surface area contributed by atoms with Crippen LogP contribution in [0.2, 0.25) is 0 Å². The van der Waals surface area contributed by atoms with Crippen molar-refractivity contribution in [2.75, 3.05) is 13.2 Å². The zero-order valence-corrected chi connectivity index (χ0v) is 43.0. The van der Waals surface area contributed by atoms with E-state index in [4.69, 9.17) is 4.74 Å². The monoisotopic (exact) mass is 902 g/mol. The SMILES string of the molecule is CCCCCCCCCCCCCCCC/C=C/C(O)C(CO)NC(=O)CCCCCCC/C=C\CCCCCCCCCCCOC(=O)CCCCCCCCCCCCCCC. The Bertz CT molecular complexity index is 997. The van der Waals surface area contributed by atoms with Crippen molar-refractivity contribution in [1.82, 2.24) is 5.32 Å². The number of ether oxygens (including phenoxy) is 1. The van der Waals surface area contributed by atoms with E-state index in [1.54, 1.807) is 6.08 Å². The van der Waals surface area contributed by atoms with E-state index in [0.29, 0.717) is 19.4 Å². The molecule has 0 bridgehead atoms. The zero-order chi connectivity index (χ0) is 46.5. The minimum absolute atomic E-state index is 0.00372. The van der Waals surface area contributed by atoms with Crippen LogP contribution in [0.15, 0.2) is 24.3 Å². The highest BCUT2D eigenvalue weighted by atomic mass is 16.5. The molecule has 0 saturated heterocycles. The van der Waals surface area contributed by atoms with Crippen molar-refractivity contribution in [2.24, 2.45) is 0 Å². The molecule has 0 aromatic rings. The Morgan fingerprint density at radius 3 is 1.11 bits per heavy atom. The molecule has 0 fully saturated rings. The smallest absolute Gasteiger partial charge is 0.305 e. The molecule has 0 aliphatic rings. The Labute approximate surface area is 399 Å². The summed E-state index contributed by atoms with van der Waals surface area (Å²) in [4.78, 5) is 24.5. The number of aliphatic hydroxyl groups excluding tert-OH is 2. The van der Waals surface area contributed by atoms with E-state index in [0.717, 1.165) is 57.8 Å². The van der Waals surface area contributed by atoms with Crippen molar-refractivity contribution in [3.05, 3.63) is 24.3 Å². The number of amides is 1. The molecule has 0 radical (unpaired) electrons. The van der Waals surface area contributed by atoms with Crippen LogP contribution in [0.25, 0.3) is 0 Å². The molecule has 3 N–H and O–H groups in total. The highest BCUT2D eigenvalue weighted by Crippen LogP contribution is 2.16. The van der Waals surface area contributed by atoms with Gasteiger partial charge in [0.25, 0.3) is 0 Å². The highest BCUT2D eigenvalue weighted by molar-refractivity contribution is 5.76. The Kier molecular flexibility index (Phi) is 52.6. The van der Waals surface area contributed by atoms with Crippen LogP contribution in [0.4, 0.5) is 0 Å². The predicted molar refractivity (Wildman–Crippen MR) is 278 cm³/mol. The third kappa shape index (κ3) is 49.8. The minimum atomic E-state index is -0.852. The maximum absolute atomic E-state index is 12.4. The lowest BCUT2D eigenvalue weighted by Crippen LogP contribution is -2.45. The van der Waals surface area contributed by atoms with Crippen LogP contribution in [0.3, 0.4) is 0 Å². The third-order valence-corrected chi connectivity index (χ3v) is 13.2. The number of rotatable bonds is 53. The molecule has 0 spiro atoms. The molecule has 6 heteroatoms. The lowest BCUT2D eigenvalue weighted by atomic mass is 10.0. The molecule has 0 aliphatic heterocycles. The van der Waals surface area contributed by atoms with Crippen LogP contribution in [-0.4, -0.2) is 47.4 Å². The van der Waals surface area contributed by atoms with Gasteiger partial charge in [0.05, 0.1) is 25.4 Å². The molecule has 0 aromatic carbocycles. The summed E-state index contributed by atoms with van der Waals surface area (Å²) in [5, 5.41) is 23.1. The minimum Gasteiger partial charge on any atom is -0.466 e. The van der Waals surface area contributed by atoms with Gasteiger partial charge in [0.1, 0.15) is 0 Å². The summed E-state index contributed by atoms with van der Waals surface area (Å²) in [6.07, 6.45) is 64.8. The van der Waals surface area contributed by atoms with E-state index < -0.39 is 12.1 Å². The first-order chi connectivity index (χ1) is 31.5. The molecule has 6 nitrogen and oxygen atoms in total. The van der Waals surface area contributed by atoms with Crippen LogP contribution >= 0.6 is 0 Å². The van der Waals surface area contributed by atoms with Crippen LogP contribution < -0.4 is 5.32 Å². The fourth-order valence-corrected chi connectivity index (χ4v) is 8.81. The van der Waals surface area contributed by atoms with E-state index in [1.807, 2.05) is 6.08 Å². The van der Waals surface area contributed by atoms with Crippen LogP contribution in [0, 0.1) is 0 Å². The van der Waals surface area contributed by atoms with Crippen molar-refractivity contribution in [3.8, 4) is 0 Å². The van der Waals surface area contributed by atoms with Gasteiger partial charge in [0.2, 0.25) is 5.91 Å². The Morgan fingerprint density at radius 1 is 0.422 bits per heavy atom. The van der Waals surface area contributed by atoms with E-state index in [1.165, 1.54) is 225 Å².